The van der Waals surface area contributed by atoms with Gasteiger partial charge in [0.25, 0.3) is 0 Å². The van der Waals surface area contributed by atoms with E-state index in [4.69, 9.17) is 4.74 Å². The van der Waals surface area contributed by atoms with E-state index in [1.54, 1.807) is 0 Å². The molecule has 0 unspecified atom stereocenters. The molecule has 1 N–H and O–H groups in total. The van der Waals surface area contributed by atoms with E-state index in [1.165, 1.54) is 44.6 Å². The fourth-order valence-electron chi connectivity index (χ4n) is 7.74. The number of oxime groups is 1. The van der Waals surface area contributed by atoms with Crippen molar-refractivity contribution in [1.29, 1.82) is 0 Å². The molecule has 3 fully saturated rings. The topological polar surface area (TPSA) is 58.9 Å². The van der Waals surface area contributed by atoms with Crippen molar-refractivity contribution < 1.29 is 14.7 Å². The summed E-state index contributed by atoms with van der Waals surface area (Å²) in [5.74, 6) is 2.81. The maximum absolute atomic E-state index is 11.4. The van der Waals surface area contributed by atoms with E-state index in [0.717, 1.165) is 36.8 Å². The first-order valence-corrected chi connectivity index (χ1v) is 10.9. The van der Waals surface area contributed by atoms with E-state index < -0.39 is 0 Å². The largest absolute Gasteiger partial charge is 0.463 e. The van der Waals surface area contributed by atoms with Crippen LogP contribution >= 0.6 is 0 Å². The Labute approximate surface area is 163 Å². The average molecular weight is 374 g/mol. The molecule has 0 aliphatic heterocycles. The summed E-state index contributed by atoms with van der Waals surface area (Å²) in [6.45, 7) is 8.42. The predicted octanol–water partition coefficient (Wildman–Crippen LogP) is 5.35. The third-order valence-corrected chi connectivity index (χ3v) is 9.07. The van der Waals surface area contributed by atoms with Crippen molar-refractivity contribution in [3.63, 3.8) is 0 Å². The molecule has 4 heteroatoms. The van der Waals surface area contributed by atoms with Crippen LogP contribution < -0.4 is 0 Å². The molecular weight excluding hydrogens is 338 g/mol. The summed E-state index contributed by atoms with van der Waals surface area (Å²) in [4.78, 5) is 11.4. The quantitative estimate of drug-likeness (QED) is 0.307. The van der Waals surface area contributed by atoms with Crippen LogP contribution in [0.25, 0.3) is 0 Å². The number of hydrogen-bond acceptors (Lipinski definition) is 4. The third-order valence-electron chi connectivity index (χ3n) is 9.07. The third kappa shape index (κ3) is 2.86. The minimum atomic E-state index is -0.129. The van der Waals surface area contributed by atoms with Gasteiger partial charge in [0.05, 0.1) is 5.71 Å². The van der Waals surface area contributed by atoms with Gasteiger partial charge in [-0.2, -0.15) is 0 Å². The summed E-state index contributed by atoms with van der Waals surface area (Å²) in [6.07, 6.45) is 11.9. The van der Waals surface area contributed by atoms with Crippen LogP contribution in [0.4, 0.5) is 0 Å². The Morgan fingerprint density at radius 2 is 1.93 bits per heavy atom. The molecule has 0 aromatic carbocycles. The molecule has 4 nitrogen and oxygen atoms in total. The molecule has 0 amide bonds. The lowest BCUT2D eigenvalue weighted by atomic mass is 9.44. The first-order chi connectivity index (χ1) is 12.8. The minimum Gasteiger partial charge on any atom is -0.463 e. The second-order valence-corrected chi connectivity index (χ2v) is 10.2. The highest BCUT2D eigenvalue weighted by molar-refractivity contribution is 5.99. The van der Waals surface area contributed by atoms with E-state index in [2.05, 4.69) is 25.1 Å². The van der Waals surface area contributed by atoms with E-state index in [0.29, 0.717) is 17.3 Å². The first kappa shape index (κ1) is 19.0. The molecule has 7 atom stereocenters. The molecule has 4 rings (SSSR count). The molecule has 150 valence electrons. The summed E-state index contributed by atoms with van der Waals surface area (Å²) in [5, 5.41) is 12.9. The Hall–Kier alpha value is -1.32. The molecule has 27 heavy (non-hydrogen) atoms. The molecule has 0 bridgehead atoms. The zero-order chi connectivity index (χ0) is 19.4. The summed E-state index contributed by atoms with van der Waals surface area (Å²) in [7, 11) is 0. The molecule has 0 radical (unpaired) electrons. The predicted molar refractivity (Wildman–Crippen MR) is 106 cm³/mol. The van der Waals surface area contributed by atoms with Crippen molar-refractivity contribution >= 4 is 11.7 Å². The normalized spacial score (nSPS) is 46.7. The van der Waals surface area contributed by atoms with Crippen LogP contribution in [0.15, 0.2) is 16.8 Å². The standard InChI is InChI=1S/C23H35NO3/c1-14(24-26)19-7-8-20-18-6-5-16-13-17(27-15(2)25)9-11-22(16,3)21(18)10-12-23(19,20)4/h7,16-18,20-21,26H,5-6,8-13H2,1-4H3/b24-14-/t16-,17-,18+,20-,21-,22-,23+/m0/s1. The Balaban J connectivity index is 1.54. The summed E-state index contributed by atoms with van der Waals surface area (Å²) in [6, 6.07) is 0. The summed E-state index contributed by atoms with van der Waals surface area (Å²) < 4.78 is 5.58. The zero-order valence-electron chi connectivity index (χ0n) is 17.3. The van der Waals surface area contributed by atoms with Crippen LogP contribution in [-0.4, -0.2) is 23.0 Å². The summed E-state index contributed by atoms with van der Waals surface area (Å²) in [5.41, 5.74) is 2.67. The monoisotopic (exact) mass is 373 g/mol. The molecule has 4 aliphatic rings. The number of allylic oxidation sites excluding steroid dienone is 2. The van der Waals surface area contributed by atoms with Crippen LogP contribution in [0.3, 0.4) is 0 Å². The molecule has 3 saturated carbocycles. The highest BCUT2D eigenvalue weighted by atomic mass is 16.5. The van der Waals surface area contributed by atoms with E-state index >= 15 is 0 Å². The van der Waals surface area contributed by atoms with Crippen molar-refractivity contribution in [3.8, 4) is 0 Å². The Bertz CT molecular complexity index is 683. The highest BCUT2D eigenvalue weighted by Gasteiger charge is 2.59. The number of fused-ring (bicyclic) bond motifs is 5. The van der Waals surface area contributed by atoms with Crippen LogP contribution in [0.1, 0.15) is 79.1 Å². The van der Waals surface area contributed by atoms with Crippen molar-refractivity contribution in [2.24, 2.45) is 39.7 Å². The number of carbonyl (C=O) groups is 1. The first-order valence-electron chi connectivity index (χ1n) is 10.9. The SMILES string of the molecule is CC(=O)O[C@H]1CC[C@@]2(C)[C@@H](CC[C@H]3[C@@H]2CC[C@]2(C)C(/C(C)=N\O)=CC[C@@H]32)C1. The minimum absolute atomic E-state index is 0.129. The van der Waals surface area contributed by atoms with Gasteiger partial charge in [0.2, 0.25) is 0 Å². The van der Waals surface area contributed by atoms with E-state index in [-0.39, 0.29) is 17.5 Å². The smallest absolute Gasteiger partial charge is 0.302 e. The van der Waals surface area contributed by atoms with Gasteiger partial charge in [0.1, 0.15) is 6.10 Å². The van der Waals surface area contributed by atoms with Gasteiger partial charge in [-0.05, 0) is 98.4 Å². The van der Waals surface area contributed by atoms with Gasteiger partial charge in [-0.25, -0.2) is 0 Å². The fourth-order valence-corrected chi connectivity index (χ4v) is 7.74. The average Bonchev–Trinajstić information content (AvgIpc) is 2.98. The van der Waals surface area contributed by atoms with Gasteiger partial charge >= 0.3 is 5.97 Å². The number of nitrogens with zero attached hydrogens (tertiary/aromatic N) is 1. The van der Waals surface area contributed by atoms with Gasteiger partial charge in [0.15, 0.2) is 0 Å². The molecule has 0 aromatic rings. The maximum Gasteiger partial charge on any atom is 0.302 e. The molecule has 0 spiro atoms. The number of rotatable bonds is 2. The number of hydrogen-bond donors (Lipinski definition) is 1. The van der Waals surface area contributed by atoms with Gasteiger partial charge < -0.3 is 9.94 Å². The van der Waals surface area contributed by atoms with Gasteiger partial charge in [-0.15, -0.1) is 0 Å². The van der Waals surface area contributed by atoms with Crippen LogP contribution in [0, 0.1) is 34.5 Å². The Kier molecular flexibility index (Phi) is 4.67. The molecular formula is C23H35NO3. The van der Waals surface area contributed by atoms with Gasteiger partial charge in [0, 0.05) is 6.92 Å². The molecule has 0 saturated heterocycles. The van der Waals surface area contributed by atoms with Crippen LogP contribution in [-0.2, 0) is 9.53 Å². The molecule has 4 aliphatic carbocycles. The van der Waals surface area contributed by atoms with Crippen LogP contribution in [0.2, 0.25) is 0 Å². The lowest BCUT2D eigenvalue weighted by Crippen LogP contribution is -2.54. The van der Waals surface area contributed by atoms with Crippen LogP contribution in [0.5, 0.6) is 0 Å². The maximum atomic E-state index is 11.4. The summed E-state index contributed by atoms with van der Waals surface area (Å²) >= 11 is 0. The van der Waals surface area contributed by atoms with E-state index in [1.807, 2.05) is 6.92 Å². The number of carbonyl (C=O) groups excluding carboxylic acids is 1. The van der Waals surface area contributed by atoms with E-state index in [9.17, 15) is 10.0 Å². The van der Waals surface area contributed by atoms with Gasteiger partial charge in [-0.1, -0.05) is 25.1 Å². The molecule has 0 aromatic heterocycles. The number of esters is 1. The fraction of sp³-hybridized carbons (Fsp3) is 0.826. The van der Waals surface area contributed by atoms with Crippen molar-refractivity contribution in [3.05, 3.63) is 11.6 Å². The van der Waals surface area contributed by atoms with Crippen molar-refractivity contribution in [2.75, 3.05) is 0 Å². The highest BCUT2D eigenvalue weighted by Crippen LogP contribution is 2.66. The Morgan fingerprint density at radius 1 is 1.15 bits per heavy atom. The second-order valence-electron chi connectivity index (χ2n) is 10.2. The zero-order valence-corrected chi connectivity index (χ0v) is 17.3. The lowest BCUT2D eigenvalue weighted by Gasteiger charge is -2.60. The van der Waals surface area contributed by atoms with Crippen molar-refractivity contribution in [1.82, 2.24) is 0 Å². The van der Waals surface area contributed by atoms with Gasteiger partial charge in [-0.3, -0.25) is 4.79 Å². The Morgan fingerprint density at radius 3 is 2.63 bits per heavy atom. The number of ether oxygens (including phenoxy) is 1. The lowest BCUT2D eigenvalue weighted by molar-refractivity contribution is -0.158. The molecule has 0 heterocycles. The second kappa shape index (κ2) is 6.63. The van der Waals surface area contributed by atoms with Crippen molar-refractivity contribution in [2.45, 2.75) is 85.2 Å².